The SMILES string of the molecule is Cc1cc(-c2nc(Nc3ccc(N4CCN(C)CC4)cc3)nc(N)c2C)cc(C)c1Cl. The van der Waals surface area contributed by atoms with E-state index in [1.165, 1.54) is 5.69 Å². The molecule has 0 amide bonds. The van der Waals surface area contributed by atoms with Gasteiger partial charge in [0, 0.05) is 53.7 Å². The number of nitrogens with one attached hydrogen (secondary N) is 1. The number of hydrogen-bond donors (Lipinski definition) is 2. The average molecular weight is 437 g/mol. The Balaban J connectivity index is 1.58. The summed E-state index contributed by atoms with van der Waals surface area (Å²) in [6.45, 7) is 10.2. The Morgan fingerprint density at radius 2 is 1.55 bits per heavy atom. The van der Waals surface area contributed by atoms with Crippen molar-refractivity contribution in [2.24, 2.45) is 0 Å². The summed E-state index contributed by atoms with van der Waals surface area (Å²) in [7, 11) is 2.17. The zero-order chi connectivity index (χ0) is 22.1. The van der Waals surface area contributed by atoms with Crippen molar-refractivity contribution in [2.45, 2.75) is 20.8 Å². The van der Waals surface area contributed by atoms with Crippen molar-refractivity contribution in [3.05, 3.63) is 58.1 Å². The van der Waals surface area contributed by atoms with Crippen molar-refractivity contribution >= 4 is 34.7 Å². The normalized spacial score (nSPS) is 14.7. The van der Waals surface area contributed by atoms with Crippen molar-refractivity contribution < 1.29 is 0 Å². The first-order valence-electron chi connectivity index (χ1n) is 10.5. The number of benzene rings is 2. The summed E-state index contributed by atoms with van der Waals surface area (Å²) in [6.07, 6.45) is 0. The Labute approximate surface area is 189 Å². The van der Waals surface area contributed by atoms with Gasteiger partial charge in [-0.25, -0.2) is 4.98 Å². The largest absolute Gasteiger partial charge is 0.383 e. The zero-order valence-electron chi connectivity index (χ0n) is 18.5. The highest BCUT2D eigenvalue weighted by Gasteiger charge is 2.15. The zero-order valence-corrected chi connectivity index (χ0v) is 19.3. The molecule has 2 aromatic carbocycles. The minimum Gasteiger partial charge on any atom is -0.383 e. The third-order valence-corrected chi connectivity index (χ3v) is 6.48. The molecule has 6 nitrogen and oxygen atoms in total. The Bertz CT molecular complexity index is 1060. The summed E-state index contributed by atoms with van der Waals surface area (Å²) in [6, 6.07) is 12.5. The van der Waals surface area contributed by atoms with Crippen LogP contribution in [0.5, 0.6) is 0 Å². The number of likely N-dealkylation sites (N-methyl/N-ethyl adjacent to an activating group) is 1. The second-order valence-corrected chi connectivity index (χ2v) is 8.67. The van der Waals surface area contributed by atoms with Crippen LogP contribution in [0.15, 0.2) is 36.4 Å². The van der Waals surface area contributed by atoms with Crippen LogP contribution < -0.4 is 16.0 Å². The molecular weight excluding hydrogens is 408 g/mol. The van der Waals surface area contributed by atoms with Gasteiger partial charge in [0.05, 0.1) is 5.69 Å². The monoisotopic (exact) mass is 436 g/mol. The molecule has 0 radical (unpaired) electrons. The van der Waals surface area contributed by atoms with Crippen LogP contribution in [-0.4, -0.2) is 48.1 Å². The van der Waals surface area contributed by atoms with Gasteiger partial charge in [0.25, 0.3) is 0 Å². The molecule has 1 fully saturated rings. The molecule has 3 N–H and O–H groups in total. The van der Waals surface area contributed by atoms with Gasteiger partial charge in [-0.2, -0.15) is 4.98 Å². The van der Waals surface area contributed by atoms with E-state index in [-0.39, 0.29) is 0 Å². The van der Waals surface area contributed by atoms with E-state index in [0.29, 0.717) is 11.8 Å². The lowest BCUT2D eigenvalue weighted by molar-refractivity contribution is 0.313. The topological polar surface area (TPSA) is 70.3 Å². The van der Waals surface area contributed by atoms with Crippen LogP contribution in [0.3, 0.4) is 0 Å². The van der Waals surface area contributed by atoms with Crippen molar-refractivity contribution in [3.8, 4) is 11.3 Å². The first-order valence-corrected chi connectivity index (χ1v) is 10.9. The van der Waals surface area contributed by atoms with E-state index in [9.17, 15) is 0 Å². The summed E-state index contributed by atoms with van der Waals surface area (Å²) < 4.78 is 0. The summed E-state index contributed by atoms with van der Waals surface area (Å²) >= 11 is 6.35. The van der Waals surface area contributed by atoms with E-state index < -0.39 is 0 Å². The number of aromatic nitrogens is 2. The lowest BCUT2D eigenvalue weighted by Crippen LogP contribution is -2.44. The molecule has 31 heavy (non-hydrogen) atoms. The van der Waals surface area contributed by atoms with Gasteiger partial charge in [-0.15, -0.1) is 0 Å². The van der Waals surface area contributed by atoms with Crippen LogP contribution in [0.1, 0.15) is 16.7 Å². The Morgan fingerprint density at radius 3 is 2.16 bits per heavy atom. The standard InChI is InChI=1S/C24H29ClN6/c1-15-13-18(14-16(2)21(15)25)22-17(3)23(26)29-24(28-22)27-19-5-7-20(8-6-19)31-11-9-30(4)10-12-31/h5-8,13-14H,9-12H2,1-4H3,(H3,26,27,28,29). The Hall–Kier alpha value is -2.83. The number of rotatable bonds is 4. The lowest BCUT2D eigenvalue weighted by atomic mass is 10.0. The first-order chi connectivity index (χ1) is 14.8. The van der Waals surface area contributed by atoms with Crippen molar-refractivity contribution in [1.29, 1.82) is 0 Å². The maximum absolute atomic E-state index is 6.35. The molecule has 3 aromatic rings. The van der Waals surface area contributed by atoms with Crippen molar-refractivity contribution in [3.63, 3.8) is 0 Å². The highest BCUT2D eigenvalue weighted by Crippen LogP contribution is 2.31. The number of halogens is 1. The fraction of sp³-hybridized carbons (Fsp3) is 0.333. The number of nitrogens with two attached hydrogens (primary N) is 1. The minimum atomic E-state index is 0.465. The molecule has 0 spiro atoms. The van der Waals surface area contributed by atoms with Gasteiger partial charge in [-0.1, -0.05) is 11.6 Å². The molecule has 1 aliphatic rings. The Morgan fingerprint density at radius 1 is 0.935 bits per heavy atom. The average Bonchev–Trinajstić information content (AvgIpc) is 2.75. The smallest absolute Gasteiger partial charge is 0.229 e. The summed E-state index contributed by atoms with van der Waals surface area (Å²) in [5.74, 6) is 0.947. The highest BCUT2D eigenvalue weighted by atomic mass is 35.5. The first kappa shape index (κ1) is 21.4. The highest BCUT2D eigenvalue weighted by molar-refractivity contribution is 6.32. The summed E-state index contributed by atoms with van der Waals surface area (Å²) in [5, 5.41) is 4.08. The van der Waals surface area contributed by atoms with E-state index in [1.807, 2.05) is 32.9 Å². The van der Waals surface area contributed by atoms with Crippen LogP contribution in [0.4, 0.5) is 23.1 Å². The van der Waals surface area contributed by atoms with Gasteiger partial charge < -0.3 is 20.9 Å². The number of piperazine rings is 1. The minimum absolute atomic E-state index is 0.465. The predicted molar refractivity (Wildman–Crippen MR) is 131 cm³/mol. The van der Waals surface area contributed by atoms with Crippen LogP contribution in [0, 0.1) is 20.8 Å². The van der Waals surface area contributed by atoms with E-state index in [0.717, 1.165) is 64.8 Å². The quantitative estimate of drug-likeness (QED) is 0.612. The summed E-state index contributed by atoms with van der Waals surface area (Å²) in [5.41, 5.74) is 13.1. The number of anilines is 4. The van der Waals surface area contributed by atoms with Crippen LogP contribution in [-0.2, 0) is 0 Å². The van der Waals surface area contributed by atoms with Crippen LogP contribution in [0.25, 0.3) is 11.3 Å². The van der Waals surface area contributed by atoms with Gasteiger partial charge >= 0.3 is 0 Å². The lowest BCUT2D eigenvalue weighted by Gasteiger charge is -2.34. The van der Waals surface area contributed by atoms with Gasteiger partial charge in [0.15, 0.2) is 0 Å². The molecule has 7 heteroatoms. The Kier molecular flexibility index (Phi) is 6.03. The number of nitrogens with zero attached hydrogens (tertiary/aromatic N) is 4. The molecule has 0 saturated carbocycles. The molecule has 162 valence electrons. The van der Waals surface area contributed by atoms with E-state index >= 15 is 0 Å². The maximum Gasteiger partial charge on any atom is 0.229 e. The molecule has 0 unspecified atom stereocenters. The molecule has 2 heterocycles. The van der Waals surface area contributed by atoms with Crippen molar-refractivity contribution in [1.82, 2.24) is 14.9 Å². The van der Waals surface area contributed by atoms with Gasteiger partial charge in [-0.3, -0.25) is 0 Å². The van der Waals surface area contributed by atoms with Gasteiger partial charge in [-0.05, 0) is 75.3 Å². The van der Waals surface area contributed by atoms with Crippen LogP contribution >= 0.6 is 11.6 Å². The fourth-order valence-electron chi connectivity index (χ4n) is 3.90. The molecule has 4 rings (SSSR count). The molecule has 1 aromatic heterocycles. The fourth-order valence-corrected chi connectivity index (χ4v) is 4.01. The number of aryl methyl sites for hydroxylation is 2. The second-order valence-electron chi connectivity index (χ2n) is 8.29. The predicted octanol–water partition coefficient (Wildman–Crippen LogP) is 4.80. The molecular formula is C24H29ClN6. The van der Waals surface area contributed by atoms with Gasteiger partial charge in [0.2, 0.25) is 5.95 Å². The van der Waals surface area contributed by atoms with Crippen LogP contribution in [0.2, 0.25) is 5.02 Å². The third-order valence-electron chi connectivity index (χ3n) is 5.89. The molecule has 1 aliphatic heterocycles. The van der Waals surface area contributed by atoms with E-state index in [4.69, 9.17) is 22.3 Å². The third kappa shape index (κ3) is 4.60. The van der Waals surface area contributed by atoms with Gasteiger partial charge in [0.1, 0.15) is 5.82 Å². The number of nitrogen functional groups attached to an aromatic ring is 1. The van der Waals surface area contributed by atoms with E-state index in [1.54, 1.807) is 0 Å². The molecule has 1 saturated heterocycles. The maximum atomic E-state index is 6.35. The summed E-state index contributed by atoms with van der Waals surface area (Å²) in [4.78, 5) is 14.0. The molecule has 0 atom stereocenters. The molecule has 0 bridgehead atoms. The molecule has 0 aliphatic carbocycles. The van der Waals surface area contributed by atoms with E-state index in [2.05, 4.69) is 51.4 Å². The van der Waals surface area contributed by atoms with Crippen molar-refractivity contribution in [2.75, 3.05) is 49.2 Å². The second kappa shape index (κ2) is 8.73. The number of hydrogen-bond acceptors (Lipinski definition) is 6.